The molecule has 2 amide bonds. The van der Waals surface area contributed by atoms with E-state index in [1.54, 1.807) is 29.2 Å². The fraction of sp³-hybridized carbons (Fsp3) is 0.200. The summed E-state index contributed by atoms with van der Waals surface area (Å²) in [7, 11) is 2.50. The number of thioether (sulfide) groups is 2. The van der Waals surface area contributed by atoms with Crippen LogP contribution in [0.4, 0.5) is 16.2 Å². The quantitative estimate of drug-likeness (QED) is 0.268. The van der Waals surface area contributed by atoms with E-state index in [0.717, 1.165) is 23.5 Å². The first-order valence-corrected chi connectivity index (χ1v) is 13.0. The third kappa shape index (κ3) is 4.66. The summed E-state index contributed by atoms with van der Waals surface area (Å²) in [6, 6.07) is 13.9. The van der Waals surface area contributed by atoms with E-state index in [2.05, 4.69) is 5.32 Å². The van der Waals surface area contributed by atoms with Crippen LogP contribution in [0.1, 0.15) is 19.4 Å². The first-order valence-electron chi connectivity index (χ1n) is 10.6. The van der Waals surface area contributed by atoms with Gasteiger partial charge in [0.15, 0.2) is 0 Å². The molecule has 7 nitrogen and oxygen atoms in total. The van der Waals surface area contributed by atoms with Gasteiger partial charge >= 0.3 is 18.0 Å². The number of methoxy groups -OCH3 is 2. The molecule has 186 valence electrons. The number of benzene rings is 2. The number of anilines is 2. The number of nitrogens with zero attached hydrogens (tertiary/aromatic N) is 1. The summed E-state index contributed by atoms with van der Waals surface area (Å²) in [5.41, 5.74) is 1.62. The Bertz CT molecular complexity index is 1340. The highest BCUT2D eigenvalue weighted by Gasteiger charge is 2.46. The molecule has 11 heteroatoms. The minimum absolute atomic E-state index is 0.135. The number of fused-ring (bicyclic) bond motifs is 1. The molecule has 0 spiro atoms. The Morgan fingerprint density at radius 3 is 2.17 bits per heavy atom. The molecular formula is C25H21ClN2O5S3. The van der Waals surface area contributed by atoms with Gasteiger partial charge in [-0.25, -0.2) is 14.4 Å². The number of amides is 2. The smallest absolute Gasteiger partial charge is 0.346 e. The Hall–Kier alpha value is -2.79. The van der Waals surface area contributed by atoms with E-state index in [-0.39, 0.29) is 15.8 Å². The first kappa shape index (κ1) is 26.3. The van der Waals surface area contributed by atoms with Crippen LogP contribution in [0.2, 0.25) is 5.02 Å². The van der Waals surface area contributed by atoms with Gasteiger partial charge in [-0.2, -0.15) is 0 Å². The van der Waals surface area contributed by atoms with E-state index in [1.807, 2.05) is 38.1 Å². The van der Waals surface area contributed by atoms with Crippen LogP contribution < -0.4 is 10.2 Å². The van der Waals surface area contributed by atoms with Crippen LogP contribution in [-0.2, 0) is 19.1 Å². The van der Waals surface area contributed by atoms with E-state index in [0.29, 0.717) is 36.6 Å². The van der Waals surface area contributed by atoms with E-state index < -0.39 is 17.5 Å². The monoisotopic (exact) mass is 560 g/mol. The average Bonchev–Trinajstić information content (AvgIpc) is 3.28. The number of para-hydroxylation sites is 1. The summed E-state index contributed by atoms with van der Waals surface area (Å²) >= 11 is 14.3. The van der Waals surface area contributed by atoms with Gasteiger partial charge in [-0.05, 0) is 38.1 Å². The Kier molecular flexibility index (Phi) is 7.51. The van der Waals surface area contributed by atoms with Crippen LogP contribution in [0.25, 0.3) is 5.57 Å². The Balaban J connectivity index is 1.81. The molecule has 36 heavy (non-hydrogen) atoms. The first-order chi connectivity index (χ1) is 17.1. The molecule has 1 N–H and O–H groups in total. The largest absolute Gasteiger partial charge is 0.465 e. The van der Waals surface area contributed by atoms with Crippen molar-refractivity contribution in [3.05, 3.63) is 73.2 Å². The second kappa shape index (κ2) is 10.3. The molecule has 2 heterocycles. The van der Waals surface area contributed by atoms with Gasteiger partial charge in [0, 0.05) is 21.8 Å². The topological polar surface area (TPSA) is 84.9 Å². The third-order valence-corrected chi connectivity index (χ3v) is 9.07. The lowest BCUT2D eigenvalue weighted by molar-refractivity contribution is -0.138. The molecule has 0 saturated carbocycles. The number of nitrogens with one attached hydrogen (secondary N) is 1. The summed E-state index contributed by atoms with van der Waals surface area (Å²) in [5, 5.41) is 3.40. The normalized spacial score (nSPS) is 16.6. The summed E-state index contributed by atoms with van der Waals surface area (Å²) < 4.78 is 10.4. The van der Waals surface area contributed by atoms with E-state index in [9.17, 15) is 14.4 Å². The Morgan fingerprint density at radius 1 is 0.972 bits per heavy atom. The van der Waals surface area contributed by atoms with Crippen molar-refractivity contribution < 1.29 is 23.9 Å². The van der Waals surface area contributed by atoms with Crippen molar-refractivity contribution in [3.8, 4) is 0 Å². The maximum absolute atomic E-state index is 13.5. The second-order valence-corrected chi connectivity index (χ2v) is 11.3. The van der Waals surface area contributed by atoms with E-state index in [4.69, 9.17) is 33.3 Å². The van der Waals surface area contributed by atoms with Crippen molar-refractivity contribution in [2.24, 2.45) is 0 Å². The number of esters is 2. The van der Waals surface area contributed by atoms with Gasteiger partial charge in [-0.3, -0.25) is 4.90 Å². The standard InChI is InChI=1S/C25H21ClN2O5S3/c1-25(2)20(34)17(23-35-18(21(29)32-3)19(36-23)22(30)33-4)15-10-5-6-11-16(15)28(25)24(31)27-14-9-7-8-13(26)12-14/h5-12H,1-4H3,(H,27,31). The fourth-order valence-corrected chi connectivity index (χ4v) is 7.10. The molecule has 0 aliphatic carbocycles. The highest BCUT2D eigenvalue weighted by atomic mass is 35.5. The summed E-state index contributed by atoms with van der Waals surface area (Å²) in [6.45, 7) is 3.70. The number of hydrogen-bond donors (Lipinski definition) is 1. The fourth-order valence-electron chi connectivity index (χ4n) is 3.88. The molecule has 2 aliphatic heterocycles. The number of rotatable bonds is 3. The minimum Gasteiger partial charge on any atom is -0.465 e. The van der Waals surface area contributed by atoms with Gasteiger partial charge in [0.05, 0.1) is 34.5 Å². The van der Waals surface area contributed by atoms with Crippen LogP contribution in [0, 0.1) is 0 Å². The van der Waals surface area contributed by atoms with Gasteiger partial charge < -0.3 is 14.8 Å². The minimum atomic E-state index is -0.935. The highest BCUT2D eigenvalue weighted by Crippen LogP contribution is 2.56. The van der Waals surface area contributed by atoms with Crippen molar-refractivity contribution in [2.45, 2.75) is 19.4 Å². The molecule has 0 bridgehead atoms. The van der Waals surface area contributed by atoms with Crippen LogP contribution >= 0.6 is 47.3 Å². The number of urea groups is 1. The van der Waals surface area contributed by atoms with Crippen molar-refractivity contribution in [1.29, 1.82) is 0 Å². The number of halogens is 1. The van der Waals surface area contributed by atoms with Gasteiger partial charge in [0.1, 0.15) is 9.81 Å². The molecule has 0 aromatic heterocycles. The van der Waals surface area contributed by atoms with Crippen molar-refractivity contribution in [1.82, 2.24) is 0 Å². The maximum Gasteiger partial charge on any atom is 0.346 e. The van der Waals surface area contributed by atoms with Crippen LogP contribution in [-0.4, -0.2) is 42.6 Å². The number of hydrogen-bond acceptors (Lipinski definition) is 8. The molecule has 2 aliphatic rings. The molecular weight excluding hydrogens is 540 g/mol. The van der Waals surface area contributed by atoms with Crippen molar-refractivity contribution >= 4 is 87.1 Å². The zero-order valence-electron chi connectivity index (χ0n) is 19.7. The van der Waals surface area contributed by atoms with Crippen LogP contribution in [0.15, 0.2) is 62.6 Å². The molecule has 2 aromatic carbocycles. The summed E-state index contributed by atoms with van der Waals surface area (Å²) in [4.78, 5) is 40.7. The van der Waals surface area contributed by atoms with Gasteiger partial charge in [0.2, 0.25) is 0 Å². The Labute approximate surface area is 227 Å². The van der Waals surface area contributed by atoms with E-state index in [1.165, 1.54) is 14.2 Å². The summed E-state index contributed by atoms with van der Waals surface area (Å²) in [6.07, 6.45) is 0. The van der Waals surface area contributed by atoms with Gasteiger partial charge in [0.25, 0.3) is 0 Å². The lowest BCUT2D eigenvalue weighted by Gasteiger charge is -2.45. The van der Waals surface area contributed by atoms with E-state index >= 15 is 0 Å². The maximum atomic E-state index is 13.5. The molecule has 2 aromatic rings. The number of thiocarbonyl (C=S) groups is 1. The molecule has 0 saturated heterocycles. The zero-order chi connectivity index (χ0) is 26.2. The number of ether oxygens (including phenoxy) is 2. The third-order valence-electron chi connectivity index (χ3n) is 5.58. The van der Waals surface area contributed by atoms with Crippen molar-refractivity contribution in [2.75, 3.05) is 24.4 Å². The molecule has 0 unspecified atom stereocenters. The molecule has 0 fully saturated rings. The zero-order valence-corrected chi connectivity index (χ0v) is 22.9. The number of carbonyl (C=O) groups excluding carboxylic acids is 3. The highest BCUT2D eigenvalue weighted by molar-refractivity contribution is 8.29. The summed E-state index contributed by atoms with van der Waals surface area (Å²) in [5.74, 6) is -1.28. The van der Waals surface area contributed by atoms with Crippen LogP contribution in [0.3, 0.4) is 0 Å². The Morgan fingerprint density at radius 2 is 1.58 bits per heavy atom. The average molecular weight is 561 g/mol. The van der Waals surface area contributed by atoms with Gasteiger partial charge in [-0.15, -0.1) is 0 Å². The van der Waals surface area contributed by atoms with Crippen molar-refractivity contribution in [3.63, 3.8) is 0 Å². The SMILES string of the molecule is COC(=O)C1=C(C(=O)OC)SC(=C2C(=S)C(C)(C)N(C(=O)Nc3cccc(Cl)c3)c3ccccc32)S1. The lowest BCUT2D eigenvalue weighted by atomic mass is 9.83. The predicted molar refractivity (Wildman–Crippen MR) is 149 cm³/mol. The number of carbonyl (C=O) groups is 3. The lowest BCUT2D eigenvalue weighted by Crippen LogP contribution is -2.57. The van der Waals surface area contributed by atoms with Crippen LogP contribution in [0.5, 0.6) is 0 Å². The molecule has 0 atom stereocenters. The predicted octanol–water partition coefficient (Wildman–Crippen LogP) is 6.25. The molecule has 4 rings (SSSR count). The second-order valence-electron chi connectivity index (χ2n) is 8.19. The van der Waals surface area contributed by atoms with Gasteiger partial charge in [-0.1, -0.05) is 71.6 Å². The molecule has 0 radical (unpaired) electrons.